The summed E-state index contributed by atoms with van der Waals surface area (Å²) < 4.78 is 4.98. The first-order valence-corrected chi connectivity index (χ1v) is 7.07. The van der Waals surface area contributed by atoms with Crippen LogP contribution in [-0.4, -0.2) is 73.7 Å². The second-order valence-corrected chi connectivity index (χ2v) is 6.20. The number of piperazine rings is 1. The minimum atomic E-state index is -0.646. The highest BCUT2D eigenvalue weighted by Gasteiger charge is 2.38. The van der Waals surface area contributed by atoms with Gasteiger partial charge in [-0.05, 0) is 34.7 Å². The Labute approximate surface area is 117 Å². The molecule has 19 heavy (non-hydrogen) atoms. The summed E-state index contributed by atoms with van der Waals surface area (Å²) in [5.41, 5.74) is -0.646. The molecule has 0 aromatic carbocycles. The predicted octanol–water partition coefficient (Wildman–Crippen LogP) is 0.552. The summed E-state index contributed by atoms with van der Waals surface area (Å²) >= 11 is 0. The van der Waals surface area contributed by atoms with Crippen LogP contribution < -0.4 is 5.32 Å². The van der Waals surface area contributed by atoms with E-state index in [-0.39, 0.29) is 12.0 Å². The smallest absolute Gasteiger partial charge is 0.327 e. The lowest BCUT2D eigenvalue weighted by Crippen LogP contribution is -2.63. The van der Waals surface area contributed by atoms with Gasteiger partial charge in [-0.1, -0.05) is 0 Å². The second kappa shape index (κ2) is 6.68. The molecule has 0 bridgehead atoms. The van der Waals surface area contributed by atoms with Gasteiger partial charge in [0, 0.05) is 38.3 Å². The van der Waals surface area contributed by atoms with Crippen molar-refractivity contribution in [3.05, 3.63) is 0 Å². The lowest BCUT2D eigenvalue weighted by Gasteiger charge is -2.42. The monoisotopic (exact) mass is 271 g/mol. The van der Waals surface area contributed by atoms with E-state index in [1.54, 1.807) is 0 Å². The minimum Gasteiger partial charge on any atom is -0.468 e. The number of esters is 1. The first-order valence-electron chi connectivity index (χ1n) is 7.07. The van der Waals surface area contributed by atoms with E-state index >= 15 is 0 Å². The summed E-state index contributed by atoms with van der Waals surface area (Å²) in [4.78, 5) is 16.8. The molecule has 0 saturated carbocycles. The number of nitrogens with one attached hydrogen (secondary N) is 1. The van der Waals surface area contributed by atoms with E-state index in [4.69, 9.17) is 4.74 Å². The number of hydrogen-bond acceptors (Lipinski definition) is 5. The average Bonchev–Trinajstić information content (AvgIpc) is 2.31. The highest BCUT2D eigenvalue weighted by molar-refractivity contribution is 5.80. The average molecular weight is 271 g/mol. The fraction of sp³-hybridized carbons (Fsp3) is 0.929. The van der Waals surface area contributed by atoms with Gasteiger partial charge in [-0.3, -0.25) is 15.0 Å². The normalized spacial score (nSPS) is 25.3. The van der Waals surface area contributed by atoms with Gasteiger partial charge in [0.2, 0.25) is 0 Å². The third-order valence-corrected chi connectivity index (χ3v) is 3.73. The fourth-order valence-electron chi connectivity index (χ4n) is 2.85. The number of carbonyl (C=O) groups excluding carboxylic acids is 1. The van der Waals surface area contributed by atoms with Gasteiger partial charge in [-0.2, -0.15) is 0 Å². The van der Waals surface area contributed by atoms with Crippen LogP contribution in [0.5, 0.6) is 0 Å². The molecule has 5 heteroatoms. The van der Waals surface area contributed by atoms with Gasteiger partial charge in [-0.15, -0.1) is 0 Å². The van der Waals surface area contributed by atoms with Gasteiger partial charge in [0.05, 0.1) is 7.11 Å². The maximum atomic E-state index is 12.1. The number of ether oxygens (including phenoxy) is 1. The van der Waals surface area contributed by atoms with Crippen molar-refractivity contribution in [2.45, 2.75) is 45.3 Å². The van der Waals surface area contributed by atoms with Gasteiger partial charge in [-0.25, -0.2) is 0 Å². The molecule has 1 aliphatic heterocycles. The van der Waals surface area contributed by atoms with Crippen LogP contribution in [0, 0.1) is 0 Å². The number of hydrogen-bond donors (Lipinski definition) is 1. The molecule has 2 unspecified atom stereocenters. The molecule has 112 valence electrons. The first kappa shape index (κ1) is 16.4. The van der Waals surface area contributed by atoms with Crippen molar-refractivity contribution in [1.82, 2.24) is 15.1 Å². The zero-order valence-corrected chi connectivity index (χ0v) is 13.2. The molecule has 1 fully saturated rings. The largest absolute Gasteiger partial charge is 0.468 e. The molecule has 1 rings (SSSR count). The summed E-state index contributed by atoms with van der Waals surface area (Å²) in [6, 6.07) is 0.698. The lowest BCUT2D eigenvalue weighted by atomic mass is 9.98. The molecule has 1 heterocycles. The topological polar surface area (TPSA) is 44.8 Å². The highest BCUT2D eigenvalue weighted by Crippen LogP contribution is 2.16. The van der Waals surface area contributed by atoms with Crippen LogP contribution in [0.3, 0.4) is 0 Å². The van der Waals surface area contributed by atoms with Crippen molar-refractivity contribution in [2.24, 2.45) is 0 Å². The number of likely N-dealkylation sites (N-methyl/N-ethyl adjacent to an activating group) is 1. The van der Waals surface area contributed by atoms with E-state index in [1.807, 2.05) is 6.92 Å². The Morgan fingerprint density at radius 2 is 2.11 bits per heavy atom. The maximum Gasteiger partial charge on any atom is 0.327 e. The molecule has 0 spiro atoms. The van der Waals surface area contributed by atoms with E-state index in [2.05, 4.69) is 42.9 Å². The Hall–Kier alpha value is -0.650. The zero-order valence-electron chi connectivity index (χ0n) is 13.2. The third kappa shape index (κ3) is 4.44. The molecule has 0 aromatic heterocycles. The van der Waals surface area contributed by atoms with Gasteiger partial charge >= 0.3 is 5.97 Å². The number of nitrogens with zero attached hydrogens (tertiary/aromatic N) is 2. The van der Waals surface area contributed by atoms with Crippen LogP contribution in [0.4, 0.5) is 0 Å². The molecule has 5 nitrogen and oxygen atoms in total. The van der Waals surface area contributed by atoms with Crippen molar-refractivity contribution < 1.29 is 9.53 Å². The molecule has 1 aliphatic rings. The van der Waals surface area contributed by atoms with Gasteiger partial charge in [0.25, 0.3) is 0 Å². The summed E-state index contributed by atoms with van der Waals surface area (Å²) in [6.07, 6.45) is 0. The molecule has 0 aromatic rings. The number of rotatable bonds is 5. The predicted molar refractivity (Wildman–Crippen MR) is 77.2 cm³/mol. The Morgan fingerprint density at radius 3 is 2.58 bits per heavy atom. The van der Waals surface area contributed by atoms with Crippen molar-refractivity contribution >= 4 is 5.97 Å². The quantitative estimate of drug-likeness (QED) is 0.740. The van der Waals surface area contributed by atoms with E-state index in [0.29, 0.717) is 12.6 Å². The molecule has 2 atom stereocenters. The van der Waals surface area contributed by atoms with E-state index in [0.717, 1.165) is 19.6 Å². The van der Waals surface area contributed by atoms with Crippen molar-refractivity contribution in [3.8, 4) is 0 Å². The molecule has 1 saturated heterocycles. The Morgan fingerprint density at radius 1 is 1.47 bits per heavy atom. The molecule has 0 amide bonds. The van der Waals surface area contributed by atoms with Gasteiger partial charge in [0.1, 0.15) is 5.54 Å². The molecular weight excluding hydrogens is 242 g/mol. The minimum absolute atomic E-state index is 0.188. The van der Waals surface area contributed by atoms with E-state index < -0.39 is 5.54 Å². The molecular formula is C14H29N3O2. The standard InChI is InChI=1S/C14H29N3O2/c1-11(2)15-14(4,13(18)19-6)10-17-8-7-16(5)9-12(17)3/h11-12,15H,7-10H2,1-6H3. The van der Waals surface area contributed by atoms with Crippen LogP contribution in [0.15, 0.2) is 0 Å². The van der Waals surface area contributed by atoms with Crippen LogP contribution in [0.1, 0.15) is 27.7 Å². The summed E-state index contributed by atoms with van der Waals surface area (Å²) in [6.45, 7) is 12.0. The summed E-state index contributed by atoms with van der Waals surface area (Å²) in [5, 5.41) is 3.36. The van der Waals surface area contributed by atoms with Crippen LogP contribution in [0.2, 0.25) is 0 Å². The van der Waals surface area contributed by atoms with E-state index in [9.17, 15) is 4.79 Å². The molecule has 0 aliphatic carbocycles. The van der Waals surface area contributed by atoms with Crippen molar-refractivity contribution in [1.29, 1.82) is 0 Å². The van der Waals surface area contributed by atoms with E-state index in [1.165, 1.54) is 7.11 Å². The fourth-order valence-corrected chi connectivity index (χ4v) is 2.85. The highest BCUT2D eigenvalue weighted by atomic mass is 16.5. The first-order chi connectivity index (χ1) is 8.78. The summed E-state index contributed by atoms with van der Waals surface area (Å²) in [7, 11) is 3.59. The van der Waals surface area contributed by atoms with Gasteiger partial charge < -0.3 is 9.64 Å². The third-order valence-electron chi connectivity index (χ3n) is 3.73. The lowest BCUT2D eigenvalue weighted by molar-refractivity contribution is -0.149. The zero-order chi connectivity index (χ0) is 14.6. The Bertz CT molecular complexity index is 309. The molecule has 1 N–H and O–H groups in total. The SMILES string of the molecule is COC(=O)C(C)(CN1CCN(C)CC1C)NC(C)C. The second-order valence-electron chi connectivity index (χ2n) is 6.20. The van der Waals surface area contributed by atoms with Crippen LogP contribution in [-0.2, 0) is 9.53 Å². The molecule has 0 radical (unpaired) electrons. The Kier molecular flexibility index (Phi) is 5.77. The number of methoxy groups -OCH3 is 1. The van der Waals surface area contributed by atoms with Gasteiger partial charge in [0.15, 0.2) is 0 Å². The summed E-state index contributed by atoms with van der Waals surface area (Å²) in [5.74, 6) is -0.188. The van der Waals surface area contributed by atoms with Crippen molar-refractivity contribution in [3.63, 3.8) is 0 Å². The van der Waals surface area contributed by atoms with Crippen LogP contribution >= 0.6 is 0 Å². The maximum absolute atomic E-state index is 12.1. The number of carbonyl (C=O) groups is 1. The Balaban J connectivity index is 2.74. The van der Waals surface area contributed by atoms with Crippen molar-refractivity contribution in [2.75, 3.05) is 40.3 Å². The van der Waals surface area contributed by atoms with Crippen LogP contribution in [0.25, 0.3) is 0 Å².